The number of nitrogens with two attached hydrogens (primary N) is 1. The van der Waals surface area contributed by atoms with Crippen LogP contribution in [0.25, 0.3) is 0 Å². The molecule has 2 aliphatic heterocycles. The van der Waals surface area contributed by atoms with Crippen LogP contribution in [0.2, 0.25) is 0 Å². The third-order valence-electron chi connectivity index (χ3n) is 13.7. The Morgan fingerprint density at radius 1 is 0.911 bits per heavy atom. The number of hydrogen-bond acceptors (Lipinski definition) is 4. The monoisotopic (exact) mass is 638 g/mol. The summed E-state index contributed by atoms with van der Waals surface area (Å²) in [5, 5.41) is 15.1. The van der Waals surface area contributed by atoms with Gasteiger partial charge < -0.3 is 16.2 Å². The number of rotatable bonds is 10. The molecule has 2 heterocycles. The first-order chi connectivity index (χ1) is 21.5. The van der Waals surface area contributed by atoms with Gasteiger partial charge in [0, 0.05) is 12.1 Å². The van der Waals surface area contributed by atoms with Gasteiger partial charge in [0.05, 0.1) is 18.2 Å². The average Bonchev–Trinajstić information content (AvgIpc) is 3.32. The molecule has 0 bridgehead atoms. The van der Waals surface area contributed by atoms with E-state index in [1.54, 1.807) is 0 Å². The second kappa shape index (κ2) is 16.2. The van der Waals surface area contributed by atoms with Crippen molar-refractivity contribution in [1.82, 2.24) is 10.2 Å². The Morgan fingerprint density at radius 2 is 1.67 bits per heavy atom. The molecule has 260 valence electrons. The molecule has 45 heavy (non-hydrogen) atoms. The van der Waals surface area contributed by atoms with E-state index in [-0.39, 0.29) is 30.3 Å². The van der Waals surface area contributed by atoms with Crippen molar-refractivity contribution in [3.63, 3.8) is 0 Å². The summed E-state index contributed by atoms with van der Waals surface area (Å²) in [4.78, 5) is 2.66. The standard InChI is InChI=1S/C38H66F3N3O/c1-4-6-32-15-16-35(29-17-19-43-20-18-29)44(32)37(42)33-24-31(13-10-26(33)3)36(45)23-28-12-14-30(34(22-28)38(39,40)41)21-27-8-5-7-25(2)9-11-27/h4,25-37,43,45H,1,5-24,42H2,2-3H3. The lowest BCUT2D eigenvalue weighted by Crippen LogP contribution is -2.57. The van der Waals surface area contributed by atoms with Crippen LogP contribution in [0.1, 0.15) is 129 Å². The third kappa shape index (κ3) is 9.09. The van der Waals surface area contributed by atoms with Crippen molar-refractivity contribution in [2.75, 3.05) is 13.1 Å². The summed E-state index contributed by atoms with van der Waals surface area (Å²) in [6.45, 7) is 10.8. The SMILES string of the molecule is C=CCC1CCC(C2CCNCC2)N1C(N)C1CC(C(O)CC2CCC(CC3CCCC(C)CC3)C(C(F)(F)F)C2)CCC1C. The molecule has 0 aromatic carbocycles. The second-order valence-corrected chi connectivity index (χ2v) is 16.7. The fraction of sp³-hybridized carbons (Fsp3) is 0.947. The summed E-state index contributed by atoms with van der Waals surface area (Å²) in [5.41, 5.74) is 7.25. The van der Waals surface area contributed by atoms with Gasteiger partial charge in [-0.25, -0.2) is 0 Å². The van der Waals surface area contributed by atoms with Crippen LogP contribution in [0.4, 0.5) is 13.2 Å². The zero-order valence-corrected chi connectivity index (χ0v) is 28.5. The Labute approximate surface area is 272 Å². The van der Waals surface area contributed by atoms with E-state index in [9.17, 15) is 18.3 Å². The maximum absolute atomic E-state index is 14.4. The van der Waals surface area contributed by atoms with E-state index in [1.165, 1.54) is 44.9 Å². The number of piperidine rings is 1. The molecule has 4 N–H and O–H groups in total. The smallest absolute Gasteiger partial charge is 0.392 e. The van der Waals surface area contributed by atoms with Crippen LogP contribution in [0, 0.1) is 53.3 Å². The second-order valence-electron chi connectivity index (χ2n) is 16.7. The van der Waals surface area contributed by atoms with Gasteiger partial charge in [-0.05, 0) is 137 Å². The van der Waals surface area contributed by atoms with E-state index in [1.807, 2.05) is 6.08 Å². The predicted molar refractivity (Wildman–Crippen MR) is 178 cm³/mol. The van der Waals surface area contributed by atoms with Gasteiger partial charge in [0.1, 0.15) is 0 Å². The molecular formula is C38H66F3N3O. The van der Waals surface area contributed by atoms with Crippen LogP contribution in [0.3, 0.4) is 0 Å². The highest BCUT2D eigenvalue weighted by Gasteiger charge is 2.49. The Balaban J connectivity index is 1.19. The van der Waals surface area contributed by atoms with Crippen LogP contribution >= 0.6 is 0 Å². The number of halogens is 3. The Bertz CT molecular complexity index is 909. The molecule has 0 amide bonds. The quantitative estimate of drug-likeness (QED) is 0.166. The zero-order valence-electron chi connectivity index (χ0n) is 28.5. The van der Waals surface area contributed by atoms with Crippen LogP contribution in [-0.4, -0.2) is 53.6 Å². The Kier molecular flexibility index (Phi) is 12.8. The molecule has 12 unspecified atom stereocenters. The average molecular weight is 638 g/mol. The van der Waals surface area contributed by atoms with E-state index < -0.39 is 18.2 Å². The van der Waals surface area contributed by atoms with E-state index >= 15 is 0 Å². The van der Waals surface area contributed by atoms with Gasteiger partial charge in [-0.15, -0.1) is 6.58 Å². The lowest BCUT2D eigenvalue weighted by atomic mass is 9.66. The highest BCUT2D eigenvalue weighted by molar-refractivity contribution is 5.00. The predicted octanol–water partition coefficient (Wildman–Crippen LogP) is 8.68. The van der Waals surface area contributed by atoms with Crippen LogP contribution < -0.4 is 11.1 Å². The molecule has 12 atom stereocenters. The number of nitrogens with one attached hydrogen (secondary N) is 1. The number of alkyl halides is 3. The van der Waals surface area contributed by atoms with Crippen molar-refractivity contribution in [1.29, 1.82) is 0 Å². The maximum atomic E-state index is 14.4. The first kappa shape index (κ1) is 35.7. The summed E-state index contributed by atoms with van der Waals surface area (Å²) < 4.78 is 43.3. The molecule has 5 fully saturated rings. The molecule has 0 aromatic rings. The first-order valence-corrected chi connectivity index (χ1v) is 19.1. The van der Waals surface area contributed by atoms with Crippen molar-refractivity contribution >= 4 is 0 Å². The number of hydrogen-bond donors (Lipinski definition) is 3. The van der Waals surface area contributed by atoms with E-state index in [0.717, 1.165) is 64.5 Å². The van der Waals surface area contributed by atoms with Gasteiger partial charge in [-0.2, -0.15) is 13.2 Å². The topological polar surface area (TPSA) is 61.5 Å². The molecular weight excluding hydrogens is 571 g/mol. The molecule has 3 saturated carbocycles. The summed E-state index contributed by atoms with van der Waals surface area (Å²) in [5.74, 6) is 1.26. The molecule has 0 radical (unpaired) electrons. The number of likely N-dealkylation sites (tertiary alicyclic amines) is 1. The molecule has 4 nitrogen and oxygen atoms in total. The summed E-state index contributed by atoms with van der Waals surface area (Å²) in [6.07, 6.45) is 14.7. The molecule has 5 aliphatic rings. The largest absolute Gasteiger partial charge is 0.393 e. The number of aliphatic hydroxyl groups is 1. The lowest BCUT2D eigenvalue weighted by Gasteiger charge is -2.47. The summed E-state index contributed by atoms with van der Waals surface area (Å²) in [7, 11) is 0. The highest BCUT2D eigenvalue weighted by atomic mass is 19.4. The lowest BCUT2D eigenvalue weighted by molar-refractivity contribution is -0.203. The van der Waals surface area contributed by atoms with Crippen molar-refractivity contribution < 1.29 is 18.3 Å². The van der Waals surface area contributed by atoms with Crippen molar-refractivity contribution in [3.8, 4) is 0 Å². The summed E-state index contributed by atoms with van der Waals surface area (Å²) >= 11 is 0. The van der Waals surface area contributed by atoms with Crippen molar-refractivity contribution in [3.05, 3.63) is 12.7 Å². The van der Waals surface area contributed by atoms with Crippen molar-refractivity contribution in [2.24, 2.45) is 59.0 Å². The Hall–Kier alpha value is -0.630. The van der Waals surface area contributed by atoms with Crippen LogP contribution in [-0.2, 0) is 0 Å². The van der Waals surface area contributed by atoms with Gasteiger partial charge in [0.25, 0.3) is 0 Å². The first-order valence-electron chi connectivity index (χ1n) is 19.1. The fourth-order valence-electron chi connectivity index (χ4n) is 11.0. The molecule has 0 aromatic heterocycles. The molecule has 3 aliphatic carbocycles. The molecule has 5 rings (SSSR count). The van der Waals surface area contributed by atoms with Gasteiger partial charge in [0.15, 0.2) is 0 Å². The van der Waals surface area contributed by atoms with E-state index in [2.05, 4.69) is 30.6 Å². The minimum Gasteiger partial charge on any atom is -0.393 e. The van der Waals surface area contributed by atoms with E-state index in [0.29, 0.717) is 54.5 Å². The van der Waals surface area contributed by atoms with Gasteiger partial charge in [-0.1, -0.05) is 58.4 Å². The molecule has 7 heteroatoms. The molecule has 0 spiro atoms. The maximum Gasteiger partial charge on any atom is 0.392 e. The van der Waals surface area contributed by atoms with Crippen LogP contribution in [0.5, 0.6) is 0 Å². The number of nitrogens with zero attached hydrogens (tertiary/aromatic N) is 1. The Morgan fingerprint density at radius 3 is 2.40 bits per heavy atom. The van der Waals surface area contributed by atoms with Crippen molar-refractivity contribution in [2.45, 2.75) is 160 Å². The third-order valence-corrected chi connectivity index (χ3v) is 13.7. The summed E-state index contributed by atoms with van der Waals surface area (Å²) in [6, 6.07) is 0.950. The number of aliphatic hydroxyl groups excluding tert-OH is 1. The van der Waals surface area contributed by atoms with Gasteiger partial charge >= 0.3 is 6.18 Å². The van der Waals surface area contributed by atoms with Crippen LogP contribution in [0.15, 0.2) is 12.7 Å². The van der Waals surface area contributed by atoms with E-state index in [4.69, 9.17) is 5.73 Å². The van der Waals surface area contributed by atoms with Gasteiger partial charge in [0.2, 0.25) is 0 Å². The van der Waals surface area contributed by atoms with Gasteiger partial charge in [-0.3, -0.25) is 4.90 Å². The highest BCUT2D eigenvalue weighted by Crippen LogP contribution is 2.49. The zero-order chi connectivity index (χ0) is 32.1. The minimum atomic E-state index is -4.15. The molecule has 2 saturated heterocycles. The normalized spacial score (nSPS) is 41.0. The fourth-order valence-corrected chi connectivity index (χ4v) is 11.0. The minimum absolute atomic E-state index is 0.0386.